The van der Waals surface area contributed by atoms with Gasteiger partial charge in [-0.2, -0.15) is 0 Å². The Bertz CT molecular complexity index is 2190. The summed E-state index contributed by atoms with van der Waals surface area (Å²) in [5.74, 6) is 0. The summed E-state index contributed by atoms with van der Waals surface area (Å²) in [5, 5.41) is 11.3. The average molecular weight is 528 g/mol. The minimum absolute atomic E-state index is 1.09. The Labute approximate surface area is 237 Å². The Kier molecular flexibility index (Phi) is 5.39. The van der Waals surface area contributed by atoms with Crippen LogP contribution in [0.3, 0.4) is 0 Å². The van der Waals surface area contributed by atoms with Gasteiger partial charge in [-0.25, -0.2) is 0 Å². The molecule has 0 aliphatic rings. The standard InChI is InChI=1S/C38H25NS/c1-2-7-27-22-29(13-12-25(27)6-1)32-17-16-30-23-28(14-15-31(30)24-32)26-18-20-33(21-19-26)39-35-9-5-11-37-38(35)34-8-3-4-10-36(34)40-37/h1-24,39H. The zero-order chi connectivity index (χ0) is 26.5. The first kappa shape index (κ1) is 23.0. The fourth-order valence-electron chi connectivity index (χ4n) is 5.75. The summed E-state index contributed by atoms with van der Waals surface area (Å²) >= 11 is 1.85. The minimum Gasteiger partial charge on any atom is -0.355 e. The third-order valence-corrected chi connectivity index (χ3v) is 8.96. The third kappa shape index (κ3) is 4.02. The molecule has 0 saturated carbocycles. The molecule has 0 fully saturated rings. The number of benzene rings is 7. The monoisotopic (exact) mass is 527 g/mol. The smallest absolute Gasteiger partial charge is 0.0478 e. The van der Waals surface area contributed by atoms with Gasteiger partial charge in [0, 0.05) is 31.5 Å². The molecule has 0 unspecified atom stereocenters. The molecule has 0 aliphatic heterocycles. The van der Waals surface area contributed by atoms with Gasteiger partial charge in [0.25, 0.3) is 0 Å². The lowest BCUT2D eigenvalue weighted by Crippen LogP contribution is -1.91. The summed E-state index contributed by atoms with van der Waals surface area (Å²) in [6.07, 6.45) is 0. The second kappa shape index (κ2) is 9.37. The number of fused-ring (bicyclic) bond motifs is 5. The van der Waals surface area contributed by atoms with E-state index in [0.717, 1.165) is 11.4 Å². The molecule has 0 bridgehead atoms. The molecule has 2 heteroatoms. The molecule has 7 aromatic carbocycles. The van der Waals surface area contributed by atoms with Crippen LogP contribution in [0, 0.1) is 0 Å². The van der Waals surface area contributed by atoms with Crippen LogP contribution in [-0.2, 0) is 0 Å². The van der Waals surface area contributed by atoms with Crippen molar-refractivity contribution in [2.24, 2.45) is 0 Å². The molecule has 0 saturated heterocycles. The maximum absolute atomic E-state index is 3.67. The Morgan fingerprint density at radius 2 is 0.950 bits per heavy atom. The van der Waals surface area contributed by atoms with Crippen molar-refractivity contribution >= 4 is 64.4 Å². The molecule has 1 heterocycles. The lowest BCUT2D eigenvalue weighted by Gasteiger charge is -2.11. The predicted octanol–water partition coefficient (Wildman–Crippen LogP) is 11.4. The van der Waals surface area contributed by atoms with Gasteiger partial charge in [0.15, 0.2) is 0 Å². The van der Waals surface area contributed by atoms with Gasteiger partial charge < -0.3 is 5.32 Å². The summed E-state index contributed by atoms with van der Waals surface area (Å²) in [4.78, 5) is 0. The third-order valence-electron chi connectivity index (χ3n) is 7.82. The average Bonchev–Trinajstić information content (AvgIpc) is 3.40. The number of rotatable bonds is 4. The van der Waals surface area contributed by atoms with Crippen molar-refractivity contribution in [3.63, 3.8) is 0 Å². The molecule has 188 valence electrons. The quantitative estimate of drug-likeness (QED) is 0.240. The Balaban J connectivity index is 1.08. The van der Waals surface area contributed by atoms with Crippen LogP contribution < -0.4 is 5.32 Å². The number of hydrogen-bond acceptors (Lipinski definition) is 2. The van der Waals surface area contributed by atoms with Crippen LogP contribution in [0.4, 0.5) is 11.4 Å². The largest absolute Gasteiger partial charge is 0.355 e. The fourth-order valence-corrected chi connectivity index (χ4v) is 6.89. The summed E-state index contributed by atoms with van der Waals surface area (Å²) in [6.45, 7) is 0. The Hall–Kier alpha value is -4.92. The number of anilines is 2. The lowest BCUT2D eigenvalue weighted by molar-refractivity contribution is 1.57. The van der Waals surface area contributed by atoms with Crippen LogP contribution in [-0.4, -0.2) is 0 Å². The zero-order valence-electron chi connectivity index (χ0n) is 21.8. The molecule has 8 rings (SSSR count). The van der Waals surface area contributed by atoms with E-state index < -0.39 is 0 Å². The molecule has 40 heavy (non-hydrogen) atoms. The SMILES string of the molecule is c1ccc2cc(-c3ccc4cc(-c5ccc(Nc6cccc7sc8ccccc8c67)cc5)ccc4c3)ccc2c1. The predicted molar refractivity (Wildman–Crippen MR) is 175 cm³/mol. The van der Waals surface area contributed by atoms with Gasteiger partial charge in [0.1, 0.15) is 0 Å². The van der Waals surface area contributed by atoms with Crippen molar-refractivity contribution in [1.82, 2.24) is 0 Å². The van der Waals surface area contributed by atoms with E-state index in [-0.39, 0.29) is 0 Å². The van der Waals surface area contributed by atoms with Crippen LogP contribution >= 0.6 is 11.3 Å². The normalized spacial score (nSPS) is 11.5. The highest BCUT2D eigenvalue weighted by molar-refractivity contribution is 7.25. The number of nitrogens with one attached hydrogen (secondary N) is 1. The first-order valence-corrected chi connectivity index (χ1v) is 14.4. The van der Waals surface area contributed by atoms with E-state index in [0.29, 0.717) is 0 Å². The molecule has 0 aliphatic carbocycles. The van der Waals surface area contributed by atoms with E-state index in [1.165, 1.54) is 64.0 Å². The van der Waals surface area contributed by atoms with Crippen LogP contribution in [0.1, 0.15) is 0 Å². The first-order valence-electron chi connectivity index (χ1n) is 13.6. The number of hydrogen-bond donors (Lipinski definition) is 1. The lowest BCUT2D eigenvalue weighted by atomic mass is 9.96. The van der Waals surface area contributed by atoms with E-state index in [9.17, 15) is 0 Å². The molecule has 0 amide bonds. The molecule has 0 radical (unpaired) electrons. The van der Waals surface area contributed by atoms with Gasteiger partial charge >= 0.3 is 0 Å². The topological polar surface area (TPSA) is 12.0 Å². The summed E-state index contributed by atoms with van der Waals surface area (Å²) in [7, 11) is 0. The highest BCUT2D eigenvalue weighted by Crippen LogP contribution is 2.39. The highest BCUT2D eigenvalue weighted by atomic mass is 32.1. The van der Waals surface area contributed by atoms with Gasteiger partial charge in [-0.3, -0.25) is 0 Å². The first-order chi connectivity index (χ1) is 19.8. The number of thiophene rings is 1. The van der Waals surface area contributed by atoms with E-state index in [2.05, 4.69) is 151 Å². The van der Waals surface area contributed by atoms with Gasteiger partial charge in [0.2, 0.25) is 0 Å². The molecule has 0 spiro atoms. The summed E-state index contributed by atoms with van der Waals surface area (Å²) in [5.41, 5.74) is 7.17. The van der Waals surface area contributed by atoms with Crippen LogP contribution in [0.15, 0.2) is 146 Å². The molecule has 1 nitrogen and oxygen atoms in total. The molecule has 8 aromatic rings. The van der Waals surface area contributed by atoms with E-state index in [1.807, 2.05) is 11.3 Å². The maximum Gasteiger partial charge on any atom is 0.0478 e. The molecular weight excluding hydrogens is 502 g/mol. The van der Waals surface area contributed by atoms with Crippen LogP contribution in [0.5, 0.6) is 0 Å². The minimum atomic E-state index is 1.09. The maximum atomic E-state index is 3.67. The molecular formula is C38H25NS. The molecule has 1 N–H and O–H groups in total. The summed E-state index contributed by atoms with van der Waals surface area (Å²) < 4.78 is 2.63. The van der Waals surface area contributed by atoms with Crippen molar-refractivity contribution < 1.29 is 0 Å². The second-order valence-electron chi connectivity index (χ2n) is 10.3. The Morgan fingerprint density at radius 3 is 1.70 bits per heavy atom. The van der Waals surface area contributed by atoms with Gasteiger partial charge in [-0.1, -0.05) is 97.1 Å². The van der Waals surface area contributed by atoms with Crippen LogP contribution in [0.2, 0.25) is 0 Å². The van der Waals surface area contributed by atoms with Crippen molar-refractivity contribution in [3.05, 3.63) is 146 Å². The van der Waals surface area contributed by atoms with E-state index >= 15 is 0 Å². The van der Waals surface area contributed by atoms with Crippen molar-refractivity contribution in [2.75, 3.05) is 5.32 Å². The zero-order valence-corrected chi connectivity index (χ0v) is 22.6. The van der Waals surface area contributed by atoms with Gasteiger partial charge in [-0.15, -0.1) is 11.3 Å². The van der Waals surface area contributed by atoms with E-state index in [1.54, 1.807) is 0 Å². The van der Waals surface area contributed by atoms with E-state index in [4.69, 9.17) is 0 Å². The highest BCUT2D eigenvalue weighted by Gasteiger charge is 2.10. The molecule has 0 atom stereocenters. The Morgan fingerprint density at radius 1 is 0.400 bits per heavy atom. The molecule has 1 aromatic heterocycles. The summed E-state index contributed by atoms with van der Waals surface area (Å²) in [6, 6.07) is 52.7. The van der Waals surface area contributed by atoms with Gasteiger partial charge in [-0.05, 0) is 92.3 Å². The van der Waals surface area contributed by atoms with Crippen LogP contribution in [0.25, 0.3) is 64.0 Å². The van der Waals surface area contributed by atoms with Crippen molar-refractivity contribution in [1.29, 1.82) is 0 Å². The second-order valence-corrected chi connectivity index (χ2v) is 11.4. The van der Waals surface area contributed by atoms with Crippen molar-refractivity contribution in [2.45, 2.75) is 0 Å². The van der Waals surface area contributed by atoms with Gasteiger partial charge in [0.05, 0.1) is 0 Å². The van der Waals surface area contributed by atoms with Crippen molar-refractivity contribution in [3.8, 4) is 22.3 Å². The fraction of sp³-hybridized carbons (Fsp3) is 0.